The van der Waals surface area contributed by atoms with Crippen LogP contribution in [0.1, 0.15) is 15.9 Å². The van der Waals surface area contributed by atoms with Crippen LogP contribution in [0.5, 0.6) is 5.75 Å². The van der Waals surface area contributed by atoms with Gasteiger partial charge in [-0.3, -0.25) is 4.98 Å². The zero-order chi connectivity index (χ0) is 12.1. The molecule has 0 atom stereocenters. The summed E-state index contributed by atoms with van der Waals surface area (Å²) in [7, 11) is 0. The van der Waals surface area contributed by atoms with Gasteiger partial charge >= 0.3 is 5.97 Å². The molecule has 0 aliphatic rings. The van der Waals surface area contributed by atoms with Crippen LogP contribution >= 0.6 is 12.4 Å². The number of aromatic carboxylic acids is 1. The molecule has 1 aromatic carbocycles. The van der Waals surface area contributed by atoms with E-state index in [0.717, 1.165) is 5.56 Å². The van der Waals surface area contributed by atoms with Crippen LogP contribution in [0, 0.1) is 0 Å². The van der Waals surface area contributed by atoms with E-state index in [2.05, 4.69) is 4.98 Å². The number of aromatic nitrogens is 1. The highest BCUT2D eigenvalue weighted by Gasteiger charge is 2.02. The Kier molecular flexibility index (Phi) is 5.14. The van der Waals surface area contributed by atoms with Gasteiger partial charge in [-0.15, -0.1) is 12.4 Å². The van der Waals surface area contributed by atoms with Crippen molar-refractivity contribution in [1.29, 1.82) is 0 Å². The van der Waals surface area contributed by atoms with Crippen LogP contribution in [-0.2, 0) is 6.61 Å². The zero-order valence-corrected chi connectivity index (χ0v) is 10.3. The van der Waals surface area contributed by atoms with Gasteiger partial charge in [-0.25, -0.2) is 4.79 Å². The molecule has 1 aromatic heterocycles. The van der Waals surface area contributed by atoms with Crippen LogP contribution in [0.25, 0.3) is 0 Å². The predicted octanol–water partition coefficient (Wildman–Crippen LogP) is 2.78. The van der Waals surface area contributed by atoms with E-state index in [1.165, 1.54) is 12.1 Å². The summed E-state index contributed by atoms with van der Waals surface area (Å²) in [5.74, 6) is -0.294. The average Bonchev–Trinajstić information content (AvgIpc) is 2.38. The van der Waals surface area contributed by atoms with Crippen molar-refractivity contribution in [3.63, 3.8) is 0 Å². The van der Waals surface area contributed by atoms with Crippen molar-refractivity contribution in [2.24, 2.45) is 0 Å². The molecule has 0 saturated carbocycles. The lowest BCUT2D eigenvalue weighted by Gasteiger charge is -2.05. The molecule has 2 aromatic rings. The standard InChI is InChI=1S/C13H11NO3.ClH/c15-13(16)11-1-3-12(4-2-11)17-9-10-5-7-14-8-6-10;/h1-8H,9H2,(H,15,16);1H. The average molecular weight is 266 g/mol. The predicted molar refractivity (Wildman–Crippen MR) is 69.2 cm³/mol. The third-order valence-electron chi connectivity index (χ3n) is 2.26. The molecular formula is C13H12ClNO3. The number of halogens is 1. The van der Waals surface area contributed by atoms with Crippen LogP contribution in [-0.4, -0.2) is 16.1 Å². The van der Waals surface area contributed by atoms with E-state index in [0.29, 0.717) is 12.4 Å². The minimum atomic E-state index is -0.939. The van der Waals surface area contributed by atoms with Crippen molar-refractivity contribution in [1.82, 2.24) is 4.98 Å². The third kappa shape index (κ3) is 3.75. The number of pyridine rings is 1. The van der Waals surface area contributed by atoms with Crippen molar-refractivity contribution in [2.45, 2.75) is 6.61 Å². The van der Waals surface area contributed by atoms with Gasteiger partial charge in [-0.2, -0.15) is 0 Å². The molecular weight excluding hydrogens is 254 g/mol. The maximum atomic E-state index is 10.6. The van der Waals surface area contributed by atoms with Gasteiger partial charge < -0.3 is 9.84 Å². The number of hydrogen-bond donors (Lipinski definition) is 1. The Balaban J connectivity index is 0.00000162. The lowest BCUT2D eigenvalue weighted by molar-refractivity contribution is 0.0697. The van der Waals surface area contributed by atoms with Gasteiger partial charge in [-0.05, 0) is 42.0 Å². The van der Waals surface area contributed by atoms with Crippen molar-refractivity contribution < 1.29 is 14.6 Å². The van der Waals surface area contributed by atoms with Gasteiger partial charge in [0.05, 0.1) is 5.56 Å². The molecule has 0 amide bonds. The van der Waals surface area contributed by atoms with Gasteiger partial charge in [0, 0.05) is 12.4 Å². The second kappa shape index (κ2) is 6.61. The van der Waals surface area contributed by atoms with E-state index in [1.54, 1.807) is 24.5 Å². The van der Waals surface area contributed by atoms with E-state index < -0.39 is 5.97 Å². The lowest BCUT2D eigenvalue weighted by atomic mass is 10.2. The maximum Gasteiger partial charge on any atom is 0.335 e. The SMILES string of the molecule is Cl.O=C(O)c1ccc(OCc2ccncc2)cc1. The molecule has 18 heavy (non-hydrogen) atoms. The zero-order valence-electron chi connectivity index (χ0n) is 9.45. The molecule has 1 N–H and O–H groups in total. The molecule has 0 bridgehead atoms. The first-order chi connectivity index (χ1) is 8.25. The molecule has 94 valence electrons. The summed E-state index contributed by atoms with van der Waals surface area (Å²) in [5.41, 5.74) is 1.27. The minimum absolute atomic E-state index is 0. The minimum Gasteiger partial charge on any atom is -0.489 e. The largest absolute Gasteiger partial charge is 0.489 e. The van der Waals surface area contributed by atoms with Crippen LogP contribution in [0.4, 0.5) is 0 Å². The van der Waals surface area contributed by atoms with E-state index in [1.807, 2.05) is 12.1 Å². The monoisotopic (exact) mass is 265 g/mol. The van der Waals surface area contributed by atoms with Gasteiger partial charge in [-0.1, -0.05) is 0 Å². The van der Waals surface area contributed by atoms with Crippen LogP contribution in [0.2, 0.25) is 0 Å². The molecule has 0 aliphatic heterocycles. The fraction of sp³-hybridized carbons (Fsp3) is 0.0769. The molecule has 0 saturated heterocycles. The van der Waals surface area contributed by atoms with E-state index in [9.17, 15) is 4.79 Å². The summed E-state index contributed by atoms with van der Waals surface area (Å²) < 4.78 is 5.51. The highest BCUT2D eigenvalue weighted by atomic mass is 35.5. The third-order valence-corrected chi connectivity index (χ3v) is 2.26. The summed E-state index contributed by atoms with van der Waals surface area (Å²) in [4.78, 5) is 14.6. The number of carboxylic acids is 1. The lowest BCUT2D eigenvalue weighted by Crippen LogP contribution is -1.98. The number of hydrogen-bond acceptors (Lipinski definition) is 3. The number of carboxylic acid groups (broad SMARTS) is 1. The Labute approximate surface area is 111 Å². The van der Waals surface area contributed by atoms with Crippen molar-refractivity contribution in [3.8, 4) is 5.75 Å². The molecule has 0 fully saturated rings. The summed E-state index contributed by atoms with van der Waals surface area (Å²) in [5, 5.41) is 8.74. The molecule has 0 unspecified atom stereocenters. The van der Waals surface area contributed by atoms with E-state index in [4.69, 9.17) is 9.84 Å². The Morgan fingerprint density at radius 2 is 1.72 bits per heavy atom. The quantitative estimate of drug-likeness (QED) is 0.923. The van der Waals surface area contributed by atoms with Crippen LogP contribution < -0.4 is 4.74 Å². The first-order valence-electron chi connectivity index (χ1n) is 5.11. The molecule has 2 rings (SSSR count). The van der Waals surface area contributed by atoms with Crippen LogP contribution in [0.15, 0.2) is 48.8 Å². The molecule has 4 nitrogen and oxygen atoms in total. The topological polar surface area (TPSA) is 59.4 Å². The number of rotatable bonds is 4. The van der Waals surface area contributed by atoms with Crippen molar-refractivity contribution >= 4 is 18.4 Å². The number of ether oxygens (including phenoxy) is 1. The van der Waals surface area contributed by atoms with E-state index in [-0.39, 0.29) is 18.0 Å². The van der Waals surface area contributed by atoms with Gasteiger partial charge in [0.15, 0.2) is 0 Å². The molecule has 0 aliphatic carbocycles. The Hall–Kier alpha value is -2.07. The van der Waals surface area contributed by atoms with Crippen molar-refractivity contribution in [2.75, 3.05) is 0 Å². The van der Waals surface area contributed by atoms with Gasteiger partial charge in [0.1, 0.15) is 12.4 Å². The second-order valence-corrected chi connectivity index (χ2v) is 3.47. The number of benzene rings is 1. The van der Waals surface area contributed by atoms with Gasteiger partial charge in [0.2, 0.25) is 0 Å². The summed E-state index contributed by atoms with van der Waals surface area (Å²) in [6.07, 6.45) is 3.40. The Morgan fingerprint density at radius 3 is 2.28 bits per heavy atom. The Morgan fingerprint density at radius 1 is 1.11 bits per heavy atom. The smallest absolute Gasteiger partial charge is 0.335 e. The number of carbonyl (C=O) groups is 1. The first kappa shape index (κ1) is 14.0. The van der Waals surface area contributed by atoms with E-state index >= 15 is 0 Å². The summed E-state index contributed by atoms with van der Waals surface area (Å²) in [6, 6.07) is 10.1. The fourth-order valence-electron chi connectivity index (χ4n) is 1.34. The highest BCUT2D eigenvalue weighted by Crippen LogP contribution is 2.13. The van der Waals surface area contributed by atoms with Crippen molar-refractivity contribution in [3.05, 3.63) is 59.9 Å². The second-order valence-electron chi connectivity index (χ2n) is 3.47. The summed E-state index contributed by atoms with van der Waals surface area (Å²) >= 11 is 0. The fourth-order valence-corrected chi connectivity index (χ4v) is 1.34. The number of nitrogens with zero attached hydrogens (tertiary/aromatic N) is 1. The normalized spacial score (nSPS) is 9.33. The summed E-state index contributed by atoms with van der Waals surface area (Å²) in [6.45, 7) is 0.439. The first-order valence-corrected chi connectivity index (χ1v) is 5.11. The van der Waals surface area contributed by atoms with Crippen LogP contribution in [0.3, 0.4) is 0 Å². The maximum absolute atomic E-state index is 10.6. The molecule has 0 radical (unpaired) electrons. The van der Waals surface area contributed by atoms with Gasteiger partial charge in [0.25, 0.3) is 0 Å². The Bertz CT molecular complexity index is 499. The molecule has 1 heterocycles. The highest BCUT2D eigenvalue weighted by molar-refractivity contribution is 5.87. The molecule has 5 heteroatoms. The molecule has 0 spiro atoms.